The van der Waals surface area contributed by atoms with Crippen molar-refractivity contribution in [1.29, 1.82) is 0 Å². The zero-order valence-corrected chi connectivity index (χ0v) is 11.9. The van der Waals surface area contributed by atoms with Gasteiger partial charge in [-0.2, -0.15) is 0 Å². The quantitative estimate of drug-likeness (QED) is 0.825. The Balaban J connectivity index is 1.69. The van der Waals surface area contributed by atoms with Gasteiger partial charge in [-0.05, 0) is 38.4 Å². The van der Waals surface area contributed by atoms with Crippen molar-refractivity contribution in [3.8, 4) is 0 Å². The minimum atomic E-state index is -0.412. The largest absolute Gasteiger partial charge is 0.387 e. The minimum Gasteiger partial charge on any atom is -0.387 e. The number of hydrogen-bond acceptors (Lipinski definition) is 3. The van der Waals surface area contributed by atoms with Gasteiger partial charge >= 0.3 is 0 Å². The molecule has 1 aromatic rings. The van der Waals surface area contributed by atoms with Gasteiger partial charge in [0.25, 0.3) is 0 Å². The summed E-state index contributed by atoms with van der Waals surface area (Å²) in [5, 5.41) is 13.5. The first-order chi connectivity index (χ1) is 9.25. The van der Waals surface area contributed by atoms with Gasteiger partial charge in [0.1, 0.15) is 0 Å². The molecule has 0 amide bonds. The first kappa shape index (κ1) is 14.5. The fourth-order valence-corrected chi connectivity index (χ4v) is 2.70. The second kappa shape index (κ2) is 7.63. The molecule has 2 unspecified atom stereocenters. The summed E-state index contributed by atoms with van der Waals surface area (Å²) in [6, 6.07) is 10.3. The maximum absolute atomic E-state index is 10.1. The van der Waals surface area contributed by atoms with Crippen molar-refractivity contribution in [1.82, 2.24) is 10.2 Å². The highest BCUT2D eigenvalue weighted by Gasteiger charge is 2.14. The summed E-state index contributed by atoms with van der Waals surface area (Å²) in [5.41, 5.74) is 0.986. The molecule has 1 saturated heterocycles. The van der Waals surface area contributed by atoms with Crippen LogP contribution in [0.4, 0.5) is 0 Å². The Hall–Kier alpha value is -0.900. The molecule has 1 aliphatic heterocycles. The molecule has 2 rings (SSSR count). The van der Waals surface area contributed by atoms with Crippen LogP contribution < -0.4 is 5.32 Å². The molecule has 0 bridgehead atoms. The van der Waals surface area contributed by atoms with Gasteiger partial charge in [-0.15, -0.1) is 0 Å². The molecule has 1 heterocycles. The number of aliphatic hydroxyl groups is 1. The second-order valence-corrected chi connectivity index (χ2v) is 5.60. The number of piperidine rings is 1. The third-order valence-corrected chi connectivity index (χ3v) is 3.82. The lowest BCUT2D eigenvalue weighted by molar-refractivity contribution is 0.159. The van der Waals surface area contributed by atoms with Crippen molar-refractivity contribution >= 4 is 0 Å². The number of nitrogens with zero attached hydrogens (tertiary/aromatic N) is 1. The molecular weight excluding hydrogens is 236 g/mol. The van der Waals surface area contributed by atoms with Crippen molar-refractivity contribution < 1.29 is 5.11 Å². The number of hydrogen-bond donors (Lipinski definition) is 2. The van der Waals surface area contributed by atoms with Crippen LogP contribution in [0.2, 0.25) is 0 Å². The minimum absolute atomic E-state index is 0.412. The Morgan fingerprint density at radius 2 is 1.84 bits per heavy atom. The van der Waals surface area contributed by atoms with Crippen molar-refractivity contribution in [2.24, 2.45) is 0 Å². The van der Waals surface area contributed by atoms with E-state index in [1.54, 1.807) is 0 Å². The lowest BCUT2D eigenvalue weighted by Crippen LogP contribution is -2.42. The van der Waals surface area contributed by atoms with Crippen LogP contribution in [0.15, 0.2) is 30.3 Å². The average molecular weight is 262 g/mol. The van der Waals surface area contributed by atoms with Crippen molar-refractivity contribution in [2.45, 2.75) is 38.3 Å². The fraction of sp³-hybridized carbons (Fsp3) is 0.625. The van der Waals surface area contributed by atoms with E-state index in [0.717, 1.165) is 12.1 Å². The normalized spacial score (nSPS) is 20.1. The standard InChI is InChI=1S/C16H26N2O/c1-14(13-18-10-6-3-7-11-18)17-12-16(19)15-8-4-2-5-9-15/h2,4-5,8-9,14,16-17,19H,3,6-7,10-13H2,1H3. The van der Waals surface area contributed by atoms with Crippen molar-refractivity contribution in [2.75, 3.05) is 26.2 Å². The highest BCUT2D eigenvalue weighted by molar-refractivity contribution is 5.17. The highest BCUT2D eigenvalue weighted by atomic mass is 16.3. The molecular formula is C16H26N2O. The Kier molecular flexibility index (Phi) is 5.83. The van der Waals surface area contributed by atoms with E-state index in [0.29, 0.717) is 12.6 Å². The molecule has 2 N–H and O–H groups in total. The first-order valence-corrected chi connectivity index (χ1v) is 7.44. The Labute approximate surface area is 116 Å². The van der Waals surface area contributed by atoms with Gasteiger partial charge in [0, 0.05) is 19.1 Å². The molecule has 0 saturated carbocycles. The van der Waals surface area contributed by atoms with Crippen LogP contribution in [0.3, 0.4) is 0 Å². The zero-order chi connectivity index (χ0) is 13.5. The number of rotatable bonds is 6. The average Bonchev–Trinajstić information content (AvgIpc) is 2.47. The van der Waals surface area contributed by atoms with Crippen LogP contribution in [0, 0.1) is 0 Å². The van der Waals surface area contributed by atoms with Gasteiger partial charge in [-0.1, -0.05) is 36.8 Å². The van der Waals surface area contributed by atoms with Crippen LogP contribution in [0.5, 0.6) is 0 Å². The topological polar surface area (TPSA) is 35.5 Å². The summed E-state index contributed by atoms with van der Waals surface area (Å²) in [4.78, 5) is 2.52. The lowest BCUT2D eigenvalue weighted by Gasteiger charge is -2.29. The van der Waals surface area contributed by atoms with E-state index < -0.39 is 6.10 Å². The van der Waals surface area contributed by atoms with Gasteiger partial charge in [0.2, 0.25) is 0 Å². The van der Waals surface area contributed by atoms with Crippen LogP contribution in [-0.2, 0) is 0 Å². The summed E-state index contributed by atoms with van der Waals surface area (Å²) in [5.74, 6) is 0. The van der Waals surface area contributed by atoms with Crippen LogP contribution in [-0.4, -0.2) is 42.2 Å². The Morgan fingerprint density at radius 1 is 1.16 bits per heavy atom. The van der Waals surface area contributed by atoms with Gasteiger partial charge < -0.3 is 15.3 Å². The molecule has 19 heavy (non-hydrogen) atoms. The summed E-state index contributed by atoms with van der Waals surface area (Å²) < 4.78 is 0. The Morgan fingerprint density at radius 3 is 2.53 bits per heavy atom. The van der Waals surface area contributed by atoms with Gasteiger partial charge in [-0.25, -0.2) is 0 Å². The van der Waals surface area contributed by atoms with Gasteiger partial charge in [0.15, 0.2) is 0 Å². The maximum Gasteiger partial charge on any atom is 0.0914 e. The smallest absolute Gasteiger partial charge is 0.0914 e. The number of likely N-dealkylation sites (tertiary alicyclic amines) is 1. The monoisotopic (exact) mass is 262 g/mol. The zero-order valence-electron chi connectivity index (χ0n) is 11.9. The lowest BCUT2D eigenvalue weighted by atomic mass is 10.1. The van der Waals surface area contributed by atoms with E-state index in [1.807, 2.05) is 30.3 Å². The van der Waals surface area contributed by atoms with E-state index in [4.69, 9.17) is 0 Å². The maximum atomic E-state index is 10.1. The van der Waals surface area contributed by atoms with Crippen molar-refractivity contribution in [3.63, 3.8) is 0 Å². The van der Waals surface area contributed by atoms with Crippen LogP contribution >= 0.6 is 0 Å². The van der Waals surface area contributed by atoms with E-state index in [1.165, 1.54) is 32.4 Å². The Bertz CT molecular complexity index is 349. The SMILES string of the molecule is CC(CN1CCCCC1)NCC(O)c1ccccc1. The van der Waals surface area contributed by atoms with Crippen LogP contribution in [0.25, 0.3) is 0 Å². The third kappa shape index (κ3) is 4.94. The molecule has 106 valence electrons. The molecule has 1 fully saturated rings. The molecule has 0 radical (unpaired) electrons. The van der Waals surface area contributed by atoms with Gasteiger partial charge in [0.05, 0.1) is 6.10 Å². The predicted octanol–water partition coefficient (Wildman–Crippen LogP) is 2.18. The molecule has 0 aliphatic carbocycles. The van der Waals surface area contributed by atoms with Crippen molar-refractivity contribution in [3.05, 3.63) is 35.9 Å². The summed E-state index contributed by atoms with van der Waals surface area (Å²) in [6.45, 7) is 6.37. The summed E-state index contributed by atoms with van der Waals surface area (Å²) in [6.07, 6.45) is 3.63. The molecule has 3 heteroatoms. The molecule has 0 aromatic heterocycles. The molecule has 1 aliphatic rings. The predicted molar refractivity (Wildman–Crippen MR) is 79.2 cm³/mol. The second-order valence-electron chi connectivity index (χ2n) is 5.60. The molecule has 0 spiro atoms. The summed E-state index contributed by atoms with van der Waals surface area (Å²) >= 11 is 0. The van der Waals surface area contributed by atoms with Gasteiger partial charge in [-0.3, -0.25) is 0 Å². The van der Waals surface area contributed by atoms with E-state index in [9.17, 15) is 5.11 Å². The summed E-state index contributed by atoms with van der Waals surface area (Å²) in [7, 11) is 0. The van der Waals surface area contributed by atoms with E-state index in [2.05, 4.69) is 17.1 Å². The number of aliphatic hydroxyl groups excluding tert-OH is 1. The molecule has 2 atom stereocenters. The van der Waals surface area contributed by atoms with E-state index in [-0.39, 0.29) is 0 Å². The third-order valence-electron chi connectivity index (χ3n) is 3.82. The van der Waals surface area contributed by atoms with Crippen LogP contribution in [0.1, 0.15) is 37.9 Å². The fourth-order valence-electron chi connectivity index (χ4n) is 2.70. The highest BCUT2D eigenvalue weighted by Crippen LogP contribution is 2.12. The molecule has 3 nitrogen and oxygen atoms in total. The number of nitrogens with one attached hydrogen (secondary N) is 1. The van der Waals surface area contributed by atoms with E-state index >= 15 is 0 Å². The number of benzene rings is 1. The molecule has 1 aromatic carbocycles. The first-order valence-electron chi connectivity index (χ1n) is 7.44.